The van der Waals surface area contributed by atoms with E-state index in [0.29, 0.717) is 24.2 Å². The molecule has 0 N–H and O–H groups in total. The third-order valence-electron chi connectivity index (χ3n) is 3.84. The maximum atomic E-state index is 12.4. The fourth-order valence-electron chi connectivity index (χ4n) is 2.52. The van der Waals surface area contributed by atoms with Gasteiger partial charge in [-0.3, -0.25) is 9.59 Å². The Bertz CT molecular complexity index is 551. The van der Waals surface area contributed by atoms with Crippen LogP contribution in [0.5, 0.6) is 0 Å². The van der Waals surface area contributed by atoms with Gasteiger partial charge < -0.3 is 9.80 Å². The van der Waals surface area contributed by atoms with Crippen LogP contribution in [0, 0.1) is 11.8 Å². The lowest BCUT2D eigenvalue weighted by Gasteiger charge is -2.17. The second kappa shape index (κ2) is 5.75. The Hall–Kier alpha value is -1.43. The lowest BCUT2D eigenvalue weighted by atomic mass is 10.1. The maximum absolute atomic E-state index is 12.4. The largest absolute Gasteiger partial charge is 0.323 e. The second-order valence-corrected chi connectivity index (χ2v) is 7.37. The van der Waals surface area contributed by atoms with E-state index in [-0.39, 0.29) is 18.4 Å². The number of thiazole rings is 1. The van der Waals surface area contributed by atoms with Gasteiger partial charge >= 0.3 is 0 Å². The minimum atomic E-state index is -0.118. The monoisotopic (exact) mass is 307 g/mol. The zero-order chi connectivity index (χ0) is 15.0. The zero-order valence-electron chi connectivity index (χ0n) is 12.5. The molecule has 5 nitrogen and oxygen atoms in total. The number of rotatable bonds is 5. The molecule has 1 saturated heterocycles. The molecule has 0 atom stereocenters. The number of amides is 2. The van der Waals surface area contributed by atoms with Crippen molar-refractivity contribution in [3.63, 3.8) is 0 Å². The molecule has 1 aromatic heterocycles. The highest BCUT2D eigenvalue weighted by atomic mass is 32.1. The van der Waals surface area contributed by atoms with Gasteiger partial charge in [-0.05, 0) is 24.7 Å². The number of carbonyl (C=O) groups excluding carboxylic acids is 2. The predicted molar refractivity (Wildman–Crippen MR) is 81.0 cm³/mol. The average Bonchev–Trinajstić information content (AvgIpc) is 2.99. The predicted octanol–water partition coefficient (Wildman–Crippen LogP) is 1.99. The quantitative estimate of drug-likeness (QED) is 0.836. The van der Waals surface area contributed by atoms with Crippen molar-refractivity contribution in [2.45, 2.75) is 33.1 Å². The van der Waals surface area contributed by atoms with Crippen LogP contribution in [0.15, 0.2) is 5.38 Å². The smallest absolute Gasteiger partial charge is 0.275 e. The standard InChI is InChI=1S/C15H21N3O2S/c1-10(2)5-13-16-12(8-21-13)15(20)18-7-14(19)17(9-18)6-11-3-4-11/h8,10-11H,3-7,9H2,1-2H3. The van der Waals surface area contributed by atoms with E-state index < -0.39 is 0 Å². The molecule has 3 rings (SSSR count). The Labute approximate surface area is 129 Å². The summed E-state index contributed by atoms with van der Waals surface area (Å²) in [6, 6.07) is 0. The SMILES string of the molecule is CC(C)Cc1nc(C(=O)N2CC(=O)N(CC3CC3)C2)cs1. The molecule has 0 unspecified atom stereocenters. The van der Waals surface area contributed by atoms with Gasteiger partial charge in [-0.15, -0.1) is 11.3 Å². The lowest BCUT2D eigenvalue weighted by molar-refractivity contribution is -0.126. The van der Waals surface area contributed by atoms with Crippen molar-refractivity contribution < 1.29 is 9.59 Å². The van der Waals surface area contributed by atoms with Gasteiger partial charge in [-0.2, -0.15) is 0 Å². The van der Waals surface area contributed by atoms with Gasteiger partial charge in [0, 0.05) is 18.3 Å². The highest BCUT2D eigenvalue weighted by Crippen LogP contribution is 2.30. The van der Waals surface area contributed by atoms with E-state index in [9.17, 15) is 9.59 Å². The summed E-state index contributed by atoms with van der Waals surface area (Å²) < 4.78 is 0. The van der Waals surface area contributed by atoms with E-state index in [4.69, 9.17) is 0 Å². The zero-order valence-corrected chi connectivity index (χ0v) is 13.4. The van der Waals surface area contributed by atoms with Gasteiger partial charge in [-0.25, -0.2) is 4.98 Å². The van der Waals surface area contributed by atoms with Crippen LogP contribution < -0.4 is 0 Å². The Kier molecular flexibility index (Phi) is 3.97. The van der Waals surface area contributed by atoms with E-state index >= 15 is 0 Å². The van der Waals surface area contributed by atoms with E-state index in [2.05, 4.69) is 18.8 Å². The molecule has 2 heterocycles. The summed E-state index contributed by atoms with van der Waals surface area (Å²) in [6.07, 6.45) is 3.31. The van der Waals surface area contributed by atoms with Crippen molar-refractivity contribution in [2.75, 3.05) is 19.8 Å². The van der Waals surface area contributed by atoms with Crippen LogP contribution in [0.25, 0.3) is 0 Å². The van der Waals surface area contributed by atoms with Crippen LogP contribution in [-0.2, 0) is 11.2 Å². The fraction of sp³-hybridized carbons (Fsp3) is 0.667. The van der Waals surface area contributed by atoms with Gasteiger partial charge in [0.05, 0.1) is 11.7 Å². The molecule has 2 fully saturated rings. The first-order valence-electron chi connectivity index (χ1n) is 7.54. The molecule has 1 saturated carbocycles. The van der Waals surface area contributed by atoms with Crippen LogP contribution in [0.1, 0.15) is 42.2 Å². The molecule has 0 spiro atoms. The van der Waals surface area contributed by atoms with Gasteiger partial charge in [0.25, 0.3) is 5.91 Å². The molecule has 21 heavy (non-hydrogen) atoms. The highest BCUT2D eigenvalue weighted by Gasteiger charge is 2.35. The van der Waals surface area contributed by atoms with Crippen molar-refractivity contribution in [3.05, 3.63) is 16.1 Å². The molecule has 1 aliphatic heterocycles. The van der Waals surface area contributed by atoms with Gasteiger partial charge in [-0.1, -0.05) is 13.8 Å². The topological polar surface area (TPSA) is 53.5 Å². The van der Waals surface area contributed by atoms with Crippen molar-refractivity contribution in [1.29, 1.82) is 0 Å². The molecule has 114 valence electrons. The fourth-order valence-corrected chi connectivity index (χ4v) is 3.50. The minimum absolute atomic E-state index is 0.0629. The number of aromatic nitrogens is 1. The summed E-state index contributed by atoms with van der Waals surface area (Å²) in [5, 5.41) is 2.81. The van der Waals surface area contributed by atoms with Crippen LogP contribution in [0.3, 0.4) is 0 Å². The van der Waals surface area contributed by atoms with Crippen molar-refractivity contribution >= 4 is 23.2 Å². The molecule has 1 aromatic rings. The van der Waals surface area contributed by atoms with Gasteiger partial charge in [0.1, 0.15) is 12.2 Å². The number of hydrogen-bond acceptors (Lipinski definition) is 4. The Balaban J connectivity index is 1.62. The molecule has 2 amide bonds. The summed E-state index contributed by atoms with van der Waals surface area (Å²) in [5.74, 6) is 1.13. The normalized spacial score (nSPS) is 18.9. The first-order valence-corrected chi connectivity index (χ1v) is 8.42. The summed E-state index contributed by atoms with van der Waals surface area (Å²) >= 11 is 1.53. The van der Waals surface area contributed by atoms with E-state index in [0.717, 1.165) is 18.0 Å². The molecule has 6 heteroatoms. The van der Waals surface area contributed by atoms with E-state index in [1.807, 2.05) is 5.38 Å². The summed E-state index contributed by atoms with van der Waals surface area (Å²) in [5.41, 5.74) is 0.483. The number of hydrogen-bond donors (Lipinski definition) is 0. The molecule has 0 aromatic carbocycles. The van der Waals surface area contributed by atoms with Crippen LogP contribution in [0.2, 0.25) is 0 Å². The number of carbonyl (C=O) groups is 2. The van der Waals surface area contributed by atoms with Crippen LogP contribution >= 0.6 is 11.3 Å². The van der Waals surface area contributed by atoms with Crippen LogP contribution in [0.4, 0.5) is 0 Å². The molecule has 0 bridgehead atoms. The van der Waals surface area contributed by atoms with Crippen LogP contribution in [-0.4, -0.2) is 46.4 Å². The summed E-state index contributed by atoms with van der Waals surface area (Å²) in [6.45, 7) is 5.70. The van der Waals surface area contributed by atoms with Gasteiger partial charge in [0.2, 0.25) is 5.91 Å². The van der Waals surface area contributed by atoms with E-state index in [1.165, 1.54) is 24.2 Å². The average molecular weight is 307 g/mol. The molecular formula is C15H21N3O2S. The number of nitrogens with zero attached hydrogens (tertiary/aromatic N) is 3. The highest BCUT2D eigenvalue weighted by molar-refractivity contribution is 7.09. The first-order chi connectivity index (χ1) is 10.0. The Morgan fingerprint density at radius 2 is 2.24 bits per heavy atom. The molecule has 2 aliphatic rings. The molecular weight excluding hydrogens is 286 g/mol. The lowest BCUT2D eigenvalue weighted by Crippen LogP contribution is -2.32. The van der Waals surface area contributed by atoms with Gasteiger partial charge in [0.15, 0.2) is 0 Å². The Morgan fingerprint density at radius 3 is 2.90 bits per heavy atom. The Morgan fingerprint density at radius 1 is 1.48 bits per heavy atom. The van der Waals surface area contributed by atoms with E-state index in [1.54, 1.807) is 9.80 Å². The third-order valence-corrected chi connectivity index (χ3v) is 4.71. The third kappa shape index (κ3) is 3.43. The van der Waals surface area contributed by atoms with Crippen molar-refractivity contribution in [2.24, 2.45) is 11.8 Å². The minimum Gasteiger partial charge on any atom is -0.323 e. The van der Waals surface area contributed by atoms with Crippen molar-refractivity contribution in [1.82, 2.24) is 14.8 Å². The second-order valence-electron chi connectivity index (χ2n) is 6.43. The molecule has 1 aliphatic carbocycles. The molecule has 0 radical (unpaired) electrons. The van der Waals surface area contributed by atoms with Crippen molar-refractivity contribution in [3.8, 4) is 0 Å². The summed E-state index contributed by atoms with van der Waals surface area (Å²) in [7, 11) is 0. The summed E-state index contributed by atoms with van der Waals surface area (Å²) in [4.78, 5) is 32.2. The first kappa shape index (κ1) is 14.5. The maximum Gasteiger partial charge on any atom is 0.275 e.